The van der Waals surface area contributed by atoms with Gasteiger partial charge in [0.2, 0.25) is 6.41 Å². The van der Waals surface area contributed by atoms with Crippen LogP contribution in [0.2, 0.25) is 0 Å². The number of hydrogen-bond acceptors (Lipinski definition) is 5. The fourth-order valence-corrected chi connectivity index (χ4v) is 3.52. The standard InChI is InChI=1S/C22H27N3O2S.C3H6/c1-5-7-16(21(27)13-28-4)8-15(3)19(6-2)20-9-17-12-24-22(25-14-26)10-18(17)11-23-20;1-2-3-1/h6-12,14,21,27H,5,13H2,1-4H3,(H,24,25,26);1-3H2/b15-8-,16-7-,19-6+;. The molecular weight excluding hydrogens is 406 g/mol. The molecule has 2 aromatic heterocycles. The van der Waals surface area contributed by atoms with Gasteiger partial charge < -0.3 is 10.4 Å². The zero-order valence-corrected chi connectivity index (χ0v) is 19.7. The number of anilines is 1. The van der Waals surface area contributed by atoms with E-state index < -0.39 is 6.10 Å². The first-order valence-electron chi connectivity index (χ1n) is 10.7. The molecule has 2 heterocycles. The number of thioether (sulfide) groups is 1. The fraction of sp³-hybridized carbons (Fsp3) is 0.400. The molecule has 1 unspecified atom stereocenters. The number of carbonyl (C=O) groups is 1. The number of nitrogens with one attached hydrogen (secondary N) is 1. The molecule has 0 radical (unpaired) electrons. The molecule has 1 aliphatic carbocycles. The average Bonchev–Trinajstić information content (AvgIpc) is 3.64. The van der Waals surface area contributed by atoms with Crippen LogP contribution in [0, 0.1) is 0 Å². The van der Waals surface area contributed by atoms with E-state index in [1.54, 1.807) is 30.2 Å². The van der Waals surface area contributed by atoms with Gasteiger partial charge >= 0.3 is 0 Å². The molecule has 0 bridgehead atoms. The lowest BCUT2D eigenvalue weighted by Crippen LogP contribution is -2.12. The average molecular weight is 440 g/mol. The summed E-state index contributed by atoms with van der Waals surface area (Å²) in [5.41, 5.74) is 3.83. The van der Waals surface area contributed by atoms with Gasteiger partial charge in [-0.15, -0.1) is 0 Å². The summed E-state index contributed by atoms with van der Waals surface area (Å²) in [5.74, 6) is 1.16. The Balaban J connectivity index is 0.00000104. The Hall–Kier alpha value is -2.44. The Morgan fingerprint density at radius 1 is 1.23 bits per heavy atom. The highest BCUT2D eigenvalue weighted by atomic mass is 32.2. The van der Waals surface area contributed by atoms with Crippen LogP contribution >= 0.6 is 11.8 Å². The van der Waals surface area contributed by atoms with E-state index >= 15 is 0 Å². The maximum Gasteiger partial charge on any atom is 0.212 e. The highest BCUT2D eigenvalue weighted by Gasteiger charge is 2.11. The minimum atomic E-state index is -0.486. The first-order chi connectivity index (χ1) is 15.0. The van der Waals surface area contributed by atoms with Gasteiger partial charge in [0.1, 0.15) is 5.82 Å². The molecule has 6 heteroatoms. The lowest BCUT2D eigenvalue weighted by molar-refractivity contribution is -0.105. The Bertz CT molecular complexity index is 962. The second kappa shape index (κ2) is 13.1. The number of fused-ring (bicyclic) bond motifs is 1. The molecule has 2 N–H and O–H groups in total. The van der Waals surface area contributed by atoms with E-state index in [9.17, 15) is 9.90 Å². The Morgan fingerprint density at radius 3 is 2.48 bits per heavy atom. The third kappa shape index (κ3) is 7.96. The van der Waals surface area contributed by atoms with E-state index in [1.165, 1.54) is 19.3 Å². The molecule has 0 aliphatic heterocycles. The number of allylic oxidation sites excluding steroid dienone is 4. The first kappa shape index (κ1) is 24.8. The number of pyridine rings is 2. The highest BCUT2D eigenvalue weighted by Crippen LogP contribution is 2.26. The van der Waals surface area contributed by atoms with E-state index in [1.807, 2.05) is 38.3 Å². The number of aliphatic hydroxyl groups excluding tert-OH is 1. The topological polar surface area (TPSA) is 75.1 Å². The van der Waals surface area contributed by atoms with Gasteiger partial charge in [-0.3, -0.25) is 9.78 Å². The molecule has 1 saturated carbocycles. The van der Waals surface area contributed by atoms with Crippen molar-refractivity contribution >= 4 is 40.3 Å². The fourth-order valence-electron chi connectivity index (χ4n) is 3.01. The third-order valence-electron chi connectivity index (χ3n) is 4.69. The van der Waals surface area contributed by atoms with E-state index in [2.05, 4.69) is 28.3 Å². The number of amides is 1. The summed E-state index contributed by atoms with van der Waals surface area (Å²) in [6, 6.07) is 3.78. The summed E-state index contributed by atoms with van der Waals surface area (Å²) >= 11 is 1.63. The van der Waals surface area contributed by atoms with Crippen LogP contribution in [0.25, 0.3) is 16.3 Å². The molecule has 0 aromatic carbocycles. The van der Waals surface area contributed by atoms with E-state index in [0.717, 1.165) is 39.6 Å². The molecule has 0 spiro atoms. The van der Waals surface area contributed by atoms with Crippen molar-refractivity contribution in [1.82, 2.24) is 9.97 Å². The van der Waals surface area contributed by atoms with E-state index in [-0.39, 0.29) is 0 Å². The number of aromatic nitrogens is 2. The minimum absolute atomic E-state index is 0.486. The molecular formula is C25H33N3O2S. The van der Waals surface area contributed by atoms with Gasteiger partial charge in [0.15, 0.2) is 0 Å². The Kier molecular flexibility index (Phi) is 10.5. The molecule has 31 heavy (non-hydrogen) atoms. The SMILES string of the molecule is C1CC1.C\C=C(/C(C)=C\C(=C\CC)C(O)CSC)c1cc2cnc(NC=O)cc2cn1. The second-order valence-corrected chi connectivity index (χ2v) is 8.33. The van der Waals surface area contributed by atoms with Crippen molar-refractivity contribution < 1.29 is 9.90 Å². The molecule has 166 valence electrons. The van der Waals surface area contributed by atoms with Gasteiger partial charge in [-0.2, -0.15) is 11.8 Å². The van der Waals surface area contributed by atoms with Crippen LogP contribution in [0.1, 0.15) is 52.1 Å². The van der Waals surface area contributed by atoms with Gasteiger partial charge in [-0.25, -0.2) is 4.98 Å². The van der Waals surface area contributed by atoms with Crippen molar-refractivity contribution in [3.63, 3.8) is 0 Å². The summed E-state index contributed by atoms with van der Waals surface area (Å²) < 4.78 is 0. The Morgan fingerprint density at radius 2 is 1.90 bits per heavy atom. The number of nitrogens with zero attached hydrogens (tertiary/aromatic N) is 2. The van der Waals surface area contributed by atoms with Crippen LogP contribution < -0.4 is 5.32 Å². The molecule has 1 aliphatic rings. The van der Waals surface area contributed by atoms with Crippen LogP contribution in [0.5, 0.6) is 0 Å². The van der Waals surface area contributed by atoms with Gasteiger partial charge in [0.05, 0.1) is 11.8 Å². The molecule has 1 amide bonds. The maximum absolute atomic E-state index is 10.6. The molecule has 0 saturated heterocycles. The molecule has 5 nitrogen and oxygen atoms in total. The number of carbonyl (C=O) groups excluding carboxylic acids is 1. The lowest BCUT2D eigenvalue weighted by Gasteiger charge is -2.14. The van der Waals surface area contributed by atoms with Crippen LogP contribution in [0.3, 0.4) is 0 Å². The molecule has 1 fully saturated rings. The number of hydrogen-bond donors (Lipinski definition) is 2. The monoisotopic (exact) mass is 439 g/mol. The summed E-state index contributed by atoms with van der Waals surface area (Å²) in [4.78, 5) is 19.4. The summed E-state index contributed by atoms with van der Waals surface area (Å²) in [7, 11) is 0. The van der Waals surface area contributed by atoms with Gasteiger partial charge in [-0.05, 0) is 55.4 Å². The van der Waals surface area contributed by atoms with Crippen molar-refractivity contribution in [2.75, 3.05) is 17.3 Å². The first-order valence-corrected chi connectivity index (χ1v) is 12.1. The normalized spacial score (nSPS) is 15.2. The van der Waals surface area contributed by atoms with E-state index in [0.29, 0.717) is 18.0 Å². The predicted molar refractivity (Wildman–Crippen MR) is 133 cm³/mol. The molecule has 2 aromatic rings. The van der Waals surface area contributed by atoms with Crippen LogP contribution in [-0.2, 0) is 4.79 Å². The van der Waals surface area contributed by atoms with Crippen LogP contribution in [0.4, 0.5) is 5.82 Å². The van der Waals surface area contributed by atoms with Crippen LogP contribution in [0.15, 0.2) is 53.9 Å². The largest absolute Gasteiger partial charge is 0.388 e. The smallest absolute Gasteiger partial charge is 0.212 e. The molecule has 3 rings (SSSR count). The maximum atomic E-state index is 10.6. The molecule has 1 atom stereocenters. The highest BCUT2D eigenvalue weighted by molar-refractivity contribution is 7.98. The number of aliphatic hydroxyl groups is 1. The van der Waals surface area contributed by atoms with Crippen molar-refractivity contribution in [3.8, 4) is 0 Å². The minimum Gasteiger partial charge on any atom is -0.388 e. The second-order valence-electron chi connectivity index (χ2n) is 7.42. The third-order valence-corrected chi connectivity index (χ3v) is 5.33. The summed E-state index contributed by atoms with van der Waals surface area (Å²) in [6.07, 6.45) is 17.1. The van der Waals surface area contributed by atoms with Crippen molar-refractivity contribution in [2.45, 2.75) is 52.6 Å². The van der Waals surface area contributed by atoms with Gasteiger partial charge in [0, 0.05) is 28.9 Å². The summed E-state index contributed by atoms with van der Waals surface area (Å²) in [6.45, 7) is 6.08. The predicted octanol–water partition coefficient (Wildman–Crippen LogP) is 5.78. The van der Waals surface area contributed by atoms with Gasteiger partial charge in [-0.1, -0.05) is 44.4 Å². The van der Waals surface area contributed by atoms with Crippen molar-refractivity contribution in [1.29, 1.82) is 0 Å². The number of rotatable bonds is 9. The van der Waals surface area contributed by atoms with Gasteiger partial charge in [0.25, 0.3) is 0 Å². The zero-order valence-electron chi connectivity index (χ0n) is 18.9. The van der Waals surface area contributed by atoms with E-state index in [4.69, 9.17) is 0 Å². The van der Waals surface area contributed by atoms with Crippen molar-refractivity contribution in [2.24, 2.45) is 0 Å². The zero-order chi connectivity index (χ0) is 22.6. The lowest BCUT2D eigenvalue weighted by atomic mass is 9.98. The quantitative estimate of drug-likeness (QED) is 0.383. The summed E-state index contributed by atoms with van der Waals surface area (Å²) in [5, 5.41) is 14.8. The Labute approximate surface area is 189 Å². The van der Waals surface area contributed by atoms with Crippen molar-refractivity contribution in [3.05, 3.63) is 59.6 Å². The van der Waals surface area contributed by atoms with Crippen LogP contribution in [-0.4, -0.2) is 39.6 Å².